The molecule has 0 saturated carbocycles. The molecule has 0 spiro atoms. The molecule has 10 heteroatoms. The van der Waals surface area contributed by atoms with Gasteiger partial charge in [0.1, 0.15) is 0 Å². The third kappa shape index (κ3) is 4.49. The minimum absolute atomic E-state index is 0.0657. The Bertz CT molecular complexity index is 1090. The Labute approximate surface area is 175 Å². The van der Waals surface area contributed by atoms with Gasteiger partial charge in [-0.2, -0.15) is 0 Å². The summed E-state index contributed by atoms with van der Waals surface area (Å²) in [5, 5.41) is 4.68. The molecule has 1 aromatic carbocycles. The number of ether oxygens (including phenoxy) is 1. The van der Waals surface area contributed by atoms with Gasteiger partial charge in [0.25, 0.3) is 5.91 Å². The average molecular weight is 423 g/mol. The van der Waals surface area contributed by atoms with Crippen molar-refractivity contribution in [2.45, 2.75) is 12.8 Å². The monoisotopic (exact) mass is 423 g/mol. The van der Waals surface area contributed by atoms with Crippen molar-refractivity contribution >= 4 is 40.5 Å². The lowest BCUT2D eigenvalue weighted by Crippen LogP contribution is -2.24. The highest BCUT2D eigenvalue weighted by atomic mass is 32.1. The Balaban J connectivity index is 1.32. The van der Waals surface area contributed by atoms with Crippen LogP contribution in [-0.4, -0.2) is 45.9 Å². The molecule has 0 atom stereocenters. The van der Waals surface area contributed by atoms with Gasteiger partial charge in [0, 0.05) is 42.1 Å². The zero-order valence-corrected chi connectivity index (χ0v) is 16.6. The lowest BCUT2D eigenvalue weighted by molar-refractivity contribution is -0.119. The number of hydrogen-bond donors (Lipinski definition) is 1. The fourth-order valence-corrected chi connectivity index (χ4v) is 3.69. The van der Waals surface area contributed by atoms with E-state index < -0.39 is 18.5 Å². The summed E-state index contributed by atoms with van der Waals surface area (Å²) in [6.07, 6.45) is 4.52. The molecule has 30 heavy (non-hydrogen) atoms. The summed E-state index contributed by atoms with van der Waals surface area (Å²) in [7, 11) is 0. The van der Waals surface area contributed by atoms with Gasteiger partial charge in [-0.15, -0.1) is 11.3 Å². The number of nitrogens with zero attached hydrogens (tertiary/aromatic N) is 4. The van der Waals surface area contributed by atoms with Crippen LogP contribution in [0.25, 0.3) is 10.8 Å². The maximum Gasteiger partial charge on any atom is 0.358 e. The summed E-state index contributed by atoms with van der Waals surface area (Å²) >= 11 is 1.21. The molecule has 2 amide bonds. The third-order valence-electron chi connectivity index (χ3n) is 4.32. The predicted molar refractivity (Wildman–Crippen MR) is 110 cm³/mol. The van der Waals surface area contributed by atoms with E-state index >= 15 is 0 Å². The van der Waals surface area contributed by atoms with Crippen molar-refractivity contribution in [1.82, 2.24) is 15.0 Å². The van der Waals surface area contributed by atoms with Gasteiger partial charge in [-0.25, -0.2) is 19.7 Å². The Morgan fingerprint density at radius 3 is 2.80 bits per heavy atom. The van der Waals surface area contributed by atoms with E-state index in [4.69, 9.17) is 4.74 Å². The fourth-order valence-electron chi connectivity index (χ4n) is 2.95. The molecule has 1 aliphatic heterocycles. The maximum atomic E-state index is 12.2. The van der Waals surface area contributed by atoms with E-state index in [0.29, 0.717) is 29.5 Å². The highest BCUT2D eigenvalue weighted by molar-refractivity contribution is 7.13. The summed E-state index contributed by atoms with van der Waals surface area (Å²) in [6, 6.07) is 8.68. The highest BCUT2D eigenvalue weighted by Gasteiger charge is 2.22. The molecule has 0 aliphatic carbocycles. The first kappa shape index (κ1) is 19.6. The second kappa shape index (κ2) is 8.78. The maximum absolute atomic E-state index is 12.2. The van der Waals surface area contributed by atoms with Crippen LogP contribution in [0.2, 0.25) is 0 Å². The van der Waals surface area contributed by atoms with Crippen molar-refractivity contribution < 1.29 is 19.1 Å². The van der Waals surface area contributed by atoms with E-state index in [1.807, 2.05) is 6.07 Å². The number of amides is 2. The van der Waals surface area contributed by atoms with E-state index in [9.17, 15) is 14.4 Å². The zero-order chi connectivity index (χ0) is 20.9. The van der Waals surface area contributed by atoms with Crippen LogP contribution in [0.4, 0.5) is 11.4 Å². The van der Waals surface area contributed by atoms with Crippen molar-refractivity contribution in [3.63, 3.8) is 0 Å². The van der Waals surface area contributed by atoms with E-state index in [-0.39, 0.29) is 11.6 Å². The Hall–Kier alpha value is -3.66. The molecule has 0 bridgehead atoms. The van der Waals surface area contributed by atoms with Crippen molar-refractivity contribution in [2.75, 3.05) is 23.4 Å². The lowest BCUT2D eigenvalue weighted by Gasteiger charge is -2.16. The molecule has 1 N–H and O–H groups in total. The largest absolute Gasteiger partial charge is 0.451 e. The van der Waals surface area contributed by atoms with Gasteiger partial charge < -0.3 is 15.0 Å². The molecule has 4 rings (SSSR count). The number of hydrogen-bond acceptors (Lipinski definition) is 8. The minimum Gasteiger partial charge on any atom is -0.451 e. The number of carbonyl (C=O) groups excluding carboxylic acids is 3. The molecule has 0 radical (unpaired) electrons. The van der Waals surface area contributed by atoms with E-state index in [0.717, 1.165) is 12.1 Å². The number of nitrogens with one attached hydrogen (secondary N) is 1. The highest BCUT2D eigenvalue weighted by Crippen LogP contribution is 2.24. The van der Waals surface area contributed by atoms with Crippen LogP contribution >= 0.6 is 11.3 Å². The van der Waals surface area contributed by atoms with Crippen LogP contribution in [0.3, 0.4) is 0 Å². The van der Waals surface area contributed by atoms with E-state index in [2.05, 4.69) is 20.3 Å². The predicted octanol–water partition coefficient (Wildman–Crippen LogP) is 2.52. The van der Waals surface area contributed by atoms with Crippen LogP contribution in [0.1, 0.15) is 23.3 Å². The zero-order valence-electron chi connectivity index (χ0n) is 15.8. The number of anilines is 2. The standard InChI is InChI=1S/C20H17N5O4S/c26-16(23-13-4-1-5-14(10-13)25-9-2-6-17(25)27)11-29-20(28)15-12-30-19(24-15)18-21-7-3-8-22-18/h1,3-5,7-8,10,12H,2,6,9,11H2,(H,23,26). The van der Waals surface area contributed by atoms with Gasteiger partial charge in [0.2, 0.25) is 5.91 Å². The van der Waals surface area contributed by atoms with Gasteiger partial charge in [-0.1, -0.05) is 6.07 Å². The van der Waals surface area contributed by atoms with Crippen LogP contribution in [0.15, 0.2) is 48.1 Å². The molecule has 3 aromatic rings. The van der Waals surface area contributed by atoms with Gasteiger partial charge in [-0.05, 0) is 30.7 Å². The molecule has 1 saturated heterocycles. The van der Waals surface area contributed by atoms with Crippen LogP contribution < -0.4 is 10.2 Å². The van der Waals surface area contributed by atoms with Gasteiger partial charge in [0.15, 0.2) is 23.1 Å². The number of rotatable bonds is 6. The smallest absolute Gasteiger partial charge is 0.358 e. The number of aromatic nitrogens is 3. The minimum atomic E-state index is -0.708. The van der Waals surface area contributed by atoms with Gasteiger partial charge in [-0.3, -0.25) is 9.59 Å². The number of benzene rings is 1. The summed E-state index contributed by atoms with van der Waals surface area (Å²) in [5.41, 5.74) is 1.33. The molecule has 3 heterocycles. The summed E-state index contributed by atoms with van der Waals surface area (Å²) in [5.74, 6) is -0.721. The van der Waals surface area contributed by atoms with E-state index in [1.165, 1.54) is 16.7 Å². The summed E-state index contributed by atoms with van der Waals surface area (Å²) < 4.78 is 5.05. The van der Waals surface area contributed by atoms with E-state index in [1.54, 1.807) is 41.6 Å². The topological polar surface area (TPSA) is 114 Å². The SMILES string of the molecule is O=C(COC(=O)c1csc(-c2ncccn2)n1)Nc1cccc(N2CCCC2=O)c1. The summed E-state index contributed by atoms with van der Waals surface area (Å²) in [6.45, 7) is 0.206. The van der Waals surface area contributed by atoms with Gasteiger partial charge >= 0.3 is 5.97 Å². The second-order valence-corrected chi connectivity index (χ2v) is 7.29. The first-order chi connectivity index (χ1) is 14.6. The number of esters is 1. The van der Waals surface area contributed by atoms with Crippen LogP contribution in [-0.2, 0) is 14.3 Å². The third-order valence-corrected chi connectivity index (χ3v) is 5.16. The quantitative estimate of drug-likeness (QED) is 0.606. The molecule has 2 aromatic heterocycles. The molecule has 1 aliphatic rings. The van der Waals surface area contributed by atoms with Crippen molar-refractivity contribution in [3.8, 4) is 10.8 Å². The van der Waals surface area contributed by atoms with Crippen molar-refractivity contribution in [2.24, 2.45) is 0 Å². The molecular weight excluding hydrogens is 406 g/mol. The second-order valence-electron chi connectivity index (χ2n) is 6.43. The molecular formula is C20H17N5O4S. The summed E-state index contributed by atoms with van der Waals surface area (Å²) in [4.78, 5) is 50.2. The lowest BCUT2D eigenvalue weighted by atomic mass is 10.2. The first-order valence-corrected chi connectivity index (χ1v) is 10.1. The van der Waals surface area contributed by atoms with Crippen molar-refractivity contribution in [1.29, 1.82) is 0 Å². The Kier molecular flexibility index (Phi) is 5.75. The fraction of sp³-hybridized carbons (Fsp3) is 0.200. The molecule has 152 valence electrons. The number of carbonyl (C=O) groups is 3. The average Bonchev–Trinajstić information content (AvgIpc) is 3.42. The molecule has 9 nitrogen and oxygen atoms in total. The molecule has 0 unspecified atom stereocenters. The normalized spacial score (nSPS) is 13.3. The Morgan fingerprint density at radius 1 is 1.20 bits per heavy atom. The number of thiazole rings is 1. The Morgan fingerprint density at radius 2 is 2.03 bits per heavy atom. The van der Waals surface area contributed by atoms with Crippen LogP contribution in [0.5, 0.6) is 0 Å². The van der Waals surface area contributed by atoms with Gasteiger partial charge in [0.05, 0.1) is 0 Å². The molecule has 1 fully saturated rings. The van der Waals surface area contributed by atoms with Crippen LogP contribution in [0, 0.1) is 0 Å². The van der Waals surface area contributed by atoms with Crippen molar-refractivity contribution in [3.05, 3.63) is 53.8 Å². The first-order valence-electron chi connectivity index (χ1n) is 9.20.